The van der Waals surface area contributed by atoms with Gasteiger partial charge in [0.1, 0.15) is 5.58 Å². The molecule has 0 saturated carbocycles. The van der Waals surface area contributed by atoms with E-state index in [4.69, 9.17) is 9.15 Å². The van der Waals surface area contributed by atoms with Gasteiger partial charge >= 0.3 is 5.91 Å². The summed E-state index contributed by atoms with van der Waals surface area (Å²) in [5, 5.41) is 2.89. The van der Waals surface area contributed by atoms with Crippen molar-refractivity contribution in [1.82, 2.24) is 15.8 Å². The van der Waals surface area contributed by atoms with E-state index in [0.717, 1.165) is 34.8 Å². The van der Waals surface area contributed by atoms with E-state index in [1.54, 1.807) is 0 Å². The van der Waals surface area contributed by atoms with E-state index in [9.17, 15) is 9.59 Å². The average Bonchev–Trinajstić information content (AvgIpc) is 3.07. The number of amides is 2. The quantitative estimate of drug-likeness (QED) is 0.647. The minimum atomic E-state index is -0.463. The van der Waals surface area contributed by atoms with E-state index in [0.29, 0.717) is 18.5 Å². The fraction of sp³-hybridized carbons (Fsp3) is 0.391. The molecule has 1 fully saturated rings. The monoisotopic (exact) mass is 409 g/mol. The molecule has 2 N–H and O–H groups in total. The molecule has 1 saturated heterocycles. The summed E-state index contributed by atoms with van der Waals surface area (Å²) in [6.45, 7) is 8.13. The van der Waals surface area contributed by atoms with E-state index in [2.05, 4.69) is 15.8 Å². The summed E-state index contributed by atoms with van der Waals surface area (Å²) in [6, 6.07) is 11.8. The molecule has 2 atom stereocenters. The maximum absolute atomic E-state index is 12.6. The molecule has 2 heterocycles. The van der Waals surface area contributed by atoms with Gasteiger partial charge in [-0.1, -0.05) is 36.4 Å². The van der Waals surface area contributed by atoms with E-state index >= 15 is 0 Å². The highest BCUT2D eigenvalue weighted by molar-refractivity contribution is 6.09. The van der Waals surface area contributed by atoms with Gasteiger partial charge in [0.25, 0.3) is 0 Å². The number of carbonyl (C=O) groups is 2. The van der Waals surface area contributed by atoms with Crippen LogP contribution in [-0.4, -0.2) is 48.6 Å². The third-order valence-corrected chi connectivity index (χ3v) is 5.50. The van der Waals surface area contributed by atoms with Gasteiger partial charge in [-0.25, -0.2) is 0 Å². The van der Waals surface area contributed by atoms with E-state index < -0.39 is 5.91 Å². The number of ether oxygens (including phenoxy) is 1. The standard InChI is InChI=1S/C23H27N3O4/c1-14-12-26(13-15(2)29-14)11-10-20(27)24-25-23(28)21-16(3)18-9-8-17-6-4-5-7-19(17)22(18)30-21/h4-9,14-15H,10-13H2,1-3H3,(H,24,27)(H,25,28)/t14-,15-/m1/s1. The first-order valence-electron chi connectivity index (χ1n) is 10.3. The highest BCUT2D eigenvalue weighted by Gasteiger charge is 2.23. The number of carbonyl (C=O) groups excluding carboxylic acids is 2. The van der Waals surface area contributed by atoms with Crippen LogP contribution in [0.5, 0.6) is 0 Å². The highest BCUT2D eigenvalue weighted by Crippen LogP contribution is 2.31. The average molecular weight is 409 g/mol. The SMILES string of the molecule is Cc1c(C(=O)NNC(=O)CCN2C[C@@H](C)O[C@H](C)C2)oc2c1ccc1ccccc12. The van der Waals surface area contributed by atoms with Crippen LogP contribution >= 0.6 is 0 Å². The summed E-state index contributed by atoms with van der Waals surface area (Å²) in [7, 11) is 0. The molecular weight excluding hydrogens is 382 g/mol. The van der Waals surface area contributed by atoms with Crippen LogP contribution in [0.25, 0.3) is 21.7 Å². The van der Waals surface area contributed by atoms with Gasteiger partial charge in [0, 0.05) is 42.4 Å². The van der Waals surface area contributed by atoms with Crippen molar-refractivity contribution in [2.75, 3.05) is 19.6 Å². The molecule has 30 heavy (non-hydrogen) atoms. The van der Waals surface area contributed by atoms with Crippen molar-refractivity contribution >= 4 is 33.6 Å². The van der Waals surface area contributed by atoms with Gasteiger partial charge in [-0.15, -0.1) is 0 Å². The Morgan fingerprint density at radius 3 is 2.53 bits per heavy atom. The van der Waals surface area contributed by atoms with Crippen molar-refractivity contribution < 1.29 is 18.7 Å². The van der Waals surface area contributed by atoms with Crippen LogP contribution in [0.1, 0.15) is 36.4 Å². The number of hydrazine groups is 1. The normalized spacial score (nSPS) is 19.8. The number of morpholine rings is 1. The predicted octanol–water partition coefficient (Wildman–Crippen LogP) is 3.15. The lowest BCUT2D eigenvalue weighted by molar-refractivity contribution is -0.123. The zero-order chi connectivity index (χ0) is 21.3. The number of furan rings is 1. The second kappa shape index (κ2) is 8.45. The van der Waals surface area contributed by atoms with Crippen LogP contribution in [0.15, 0.2) is 40.8 Å². The van der Waals surface area contributed by atoms with Crippen LogP contribution in [0, 0.1) is 6.92 Å². The van der Waals surface area contributed by atoms with E-state index in [1.165, 1.54) is 0 Å². The van der Waals surface area contributed by atoms with Crippen molar-refractivity contribution in [3.63, 3.8) is 0 Å². The first kappa shape index (κ1) is 20.4. The van der Waals surface area contributed by atoms with Gasteiger partial charge in [-0.05, 0) is 26.2 Å². The fourth-order valence-corrected chi connectivity index (χ4v) is 4.14. The molecular formula is C23H27N3O4. The van der Waals surface area contributed by atoms with Crippen LogP contribution in [0.4, 0.5) is 0 Å². The Morgan fingerprint density at radius 2 is 1.77 bits per heavy atom. The molecule has 0 bridgehead atoms. The number of fused-ring (bicyclic) bond motifs is 3. The lowest BCUT2D eigenvalue weighted by Gasteiger charge is -2.35. The number of aryl methyl sites for hydroxylation is 1. The second-order valence-electron chi connectivity index (χ2n) is 7.99. The molecule has 7 nitrogen and oxygen atoms in total. The van der Waals surface area contributed by atoms with Gasteiger partial charge in [-0.2, -0.15) is 0 Å². The molecule has 7 heteroatoms. The number of rotatable bonds is 4. The molecule has 1 aliphatic rings. The smallest absolute Gasteiger partial charge is 0.305 e. The Kier molecular flexibility index (Phi) is 5.74. The van der Waals surface area contributed by atoms with Crippen LogP contribution < -0.4 is 10.9 Å². The van der Waals surface area contributed by atoms with Crippen LogP contribution in [0.3, 0.4) is 0 Å². The first-order valence-corrected chi connectivity index (χ1v) is 10.3. The molecule has 4 rings (SSSR count). The molecule has 0 aliphatic carbocycles. The topological polar surface area (TPSA) is 83.8 Å². The number of nitrogens with one attached hydrogen (secondary N) is 2. The summed E-state index contributed by atoms with van der Waals surface area (Å²) in [5.41, 5.74) is 6.40. The molecule has 3 aromatic rings. The zero-order valence-corrected chi connectivity index (χ0v) is 17.5. The van der Waals surface area contributed by atoms with Gasteiger partial charge in [0.15, 0.2) is 5.76 Å². The summed E-state index contributed by atoms with van der Waals surface area (Å²) < 4.78 is 11.6. The third kappa shape index (κ3) is 4.17. The Bertz CT molecular complexity index is 1080. The van der Waals surface area contributed by atoms with E-state index in [-0.39, 0.29) is 23.9 Å². The summed E-state index contributed by atoms with van der Waals surface area (Å²) in [6.07, 6.45) is 0.607. The molecule has 1 aromatic heterocycles. The lowest BCUT2D eigenvalue weighted by atomic mass is 10.1. The fourth-order valence-electron chi connectivity index (χ4n) is 4.14. The minimum Gasteiger partial charge on any atom is -0.450 e. The molecule has 0 radical (unpaired) electrons. The second-order valence-corrected chi connectivity index (χ2v) is 7.99. The third-order valence-electron chi connectivity index (χ3n) is 5.50. The maximum atomic E-state index is 12.6. The van der Waals surface area contributed by atoms with Crippen molar-refractivity contribution in [3.05, 3.63) is 47.7 Å². The first-order chi connectivity index (χ1) is 14.4. The summed E-state index contributed by atoms with van der Waals surface area (Å²) >= 11 is 0. The molecule has 1 aliphatic heterocycles. The van der Waals surface area contributed by atoms with Crippen molar-refractivity contribution in [1.29, 1.82) is 0 Å². The van der Waals surface area contributed by atoms with E-state index in [1.807, 2.05) is 57.2 Å². The van der Waals surface area contributed by atoms with Crippen molar-refractivity contribution in [2.45, 2.75) is 39.4 Å². The predicted molar refractivity (Wildman–Crippen MR) is 115 cm³/mol. The number of hydrogen-bond acceptors (Lipinski definition) is 5. The van der Waals surface area contributed by atoms with Gasteiger partial charge in [0.2, 0.25) is 5.91 Å². The molecule has 158 valence electrons. The summed E-state index contributed by atoms with van der Waals surface area (Å²) in [4.78, 5) is 27.0. The molecule has 0 spiro atoms. The van der Waals surface area contributed by atoms with Gasteiger partial charge < -0.3 is 9.15 Å². The molecule has 2 aromatic carbocycles. The largest absolute Gasteiger partial charge is 0.450 e. The number of nitrogens with zero attached hydrogens (tertiary/aromatic N) is 1. The number of hydrogen-bond donors (Lipinski definition) is 2. The molecule has 2 amide bonds. The highest BCUT2D eigenvalue weighted by atomic mass is 16.5. The van der Waals surface area contributed by atoms with Crippen LogP contribution in [-0.2, 0) is 9.53 Å². The Labute approximate surface area is 175 Å². The zero-order valence-electron chi connectivity index (χ0n) is 17.5. The van der Waals surface area contributed by atoms with Crippen LogP contribution in [0.2, 0.25) is 0 Å². The minimum absolute atomic E-state index is 0.156. The Hall–Kier alpha value is -2.90. The van der Waals surface area contributed by atoms with Crippen molar-refractivity contribution in [3.8, 4) is 0 Å². The lowest BCUT2D eigenvalue weighted by Crippen LogP contribution is -2.47. The number of benzene rings is 2. The Balaban J connectivity index is 1.38. The summed E-state index contributed by atoms with van der Waals surface area (Å²) in [5.74, 6) is -0.499. The Morgan fingerprint density at radius 1 is 1.03 bits per heavy atom. The van der Waals surface area contributed by atoms with Gasteiger partial charge in [-0.3, -0.25) is 25.3 Å². The van der Waals surface area contributed by atoms with Crippen molar-refractivity contribution in [2.24, 2.45) is 0 Å². The van der Waals surface area contributed by atoms with Gasteiger partial charge in [0.05, 0.1) is 12.2 Å². The molecule has 0 unspecified atom stereocenters. The maximum Gasteiger partial charge on any atom is 0.305 e.